The van der Waals surface area contributed by atoms with Crippen LogP contribution in [0, 0.1) is 0 Å². The maximum atomic E-state index is 12.9. The van der Waals surface area contributed by atoms with Crippen molar-refractivity contribution in [2.45, 2.75) is 12.8 Å². The van der Waals surface area contributed by atoms with Crippen molar-refractivity contribution < 1.29 is 14.3 Å². The molecule has 3 nitrogen and oxygen atoms in total. The van der Waals surface area contributed by atoms with Crippen LogP contribution in [0.25, 0.3) is 15.5 Å². The number of Topliss-reactive ketones (excluding diaryl/α,β-unsaturated/α-hetero) is 1. The second kappa shape index (κ2) is 6.07. The number of fused-ring (bicyclic) bond motifs is 2. The average Bonchev–Trinajstić information content (AvgIpc) is 3.18. The summed E-state index contributed by atoms with van der Waals surface area (Å²) in [5, 5.41) is 2.10. The molecular formula is C19H16O3S2. The van der Waals surface area contributed by atoms with E-state index in [1.165, 1.54) is 9.40 Å². The number of hydrogen-bond acceptors (Lipinski definition) is 5. The van der Waals surface area contributed by atoms with Crippen LogP contribution in [0.4, 0.5) is 0 Å². The smallest absolute Gasteiger partial charge is 0.189 e. The van der Waals surface area contributed by atoms with E-state index in [-0.39, 0.29) is 5.78 Å². The molecule has 2 aromatic heterocycles. The van der Waals surface area contributed by atoms with Crippen molar-refractivity contribution in [1.82, 2.24) is 0 Å². The molecule has 0 radical (unpaired) electrons. The van der Waals surface area contributed by atoms with Gasteiger partial charge in [0, 0.05) is 25.4 Å². The molecule has 1 aliphatic carbocycles. The maximum absolute atomic E-state index is 12.9. The molecule has 0 bridgehead atoms. The van der Waals surface area contributed by atoms with Gasteiger partial charge in [-0.15, -0.1) is 22.7 Å². The molecule has 1 aromatic carbocycles. The number of hydrogen-bond donors (Lipinski definition) is 0. The Bertz CT molecular complexity index is 934. The summed E-state index contributed by atoms with van der Waals surface area (Å²) >= 11 is 3.47. The van der Waals surface area contributed by atoms with Gasteiger partial charge in [0.1, 0.15) is 0 Å². The molecule has 0 saturated carbocycles. The molecule has 3 aromatic rings. The summed E-state index contributed by atoms with van der Waals surface area (Å²) in [4.78, 5) is 14.0. The number of aryl methyl sites for hydroxylation is 1. The molecule has 1 aliphatic rings. The fourth-order valence-corrected chi connectivity index (χ4v) is 5.15. The third kappa shape index (κ3) is 2.54. The van der Waals surface area contributed by atoms with Crippen molar-refractivity contribution >= 4 is 43.9 Å². The van der Waals surface area contributed by atoms with Crippen LogP contribution in [0.3, 0.4) is 0 Å². The summed E-state index contributed by atoms with van der Waals surface area (Å²) in [6.45, 7) is 0. The van der Waals surface area contributed by atoms with Gasteiger partial charge in [-0.3, -0.25) is 4.79 Å². The van der Waals surface area contributed by atoms with E-state index in [2.05, 4.69) is 17.5 Å². The van der Waals surface area contributed by atoms with E-state index in [0.717, 1.165) is 34.4 Å². The van der Waals surface area contributed by atoms with E-state index >= 15 is 0 Å². The monoisotopic (exact) mass is 356 g/mol. The lowest BCUT2D eigenvalue weighted by Crippen LogP contribution is -2.14. The van der Waals surface area contributed by atoms with Gasteiger partial charge in [-0.1, -0.05) is 0 Å². The number of carbonyl (C=O) groups excluding carboxylic acids is 1. The highest BCUT2D eigenvalue weighted by Crippen LogP contribution is 2.37. The zero-order valence-corrected chi connectivity index (χ0v) is 15.1. The molecule has 122 valence electrons. The van der Waals surface area contributed by atoms with Crippen molar-refractivity contribution in [2.75, 3.05) is 14.2 Å². The highest BCUT2D eigenvalue weighted by Gasteiger charge is 2.24. The lowest BCUT2D eigenvalue weighted by Gasteiger charge is -2.19. The van der Waals surface area contributed by atoms with Crippen molar-refractivity contribution in [2.24, 2.45) is 0 Å². The number of ketones is 1. The minimum atomic E-state index is 0.0916. The Balaban J connectivity index is 1.73. The molecule has 0 saturated heterocycles. The Morgan fingerprint density at radius 2 is 1.83 bits per heavy atom. The van der Waals surface area contributed by atoms with Crippen LogP contribution >= 0.6 is 22.7 Å². The third-order valence-corrected chi connectivity index (χ3v) is 6.32. The van der Waals surface area contributed by atoms with Gasteiger partial charge in [-0.2, -0.15) is 0 Å². The minimum absolute atomic E-state index is 0.0916. The van der Waals surface area contributed by atoms with Gasteiger partial charge in [0.15, 0.2) is 17.3 Å². The molecule has 24 heavy (non-hydrogen) atoms. The second-order valence-electron chi connectivity index (χ2n) is 5.66. The standard InChI is InChI=1S/C19H16O3S2/c1-21-15-8-11-3-4-12(19(20)14(11)10-16(15)22-2)7-13-9-18-17(24-13)5-6-23-18/h5-10H,3-4H2,1-2H3/b12-7+. The number of carbonyl (C=O) groups is 1. The summed E-state index contributed by atoms with van der Waals surface area (Å²) in [5.74, 6) is 1.37. The van der Waals surface area contributed by atoms with Crippen LogP contribution in [0.1, 0.15) is 27.2 Å². The van der Waals surface area contributed by atoms with Gasteiger partial charge in [-0.05, 0) is 54.1 Å². The van der Waals surface area contributed by atoms with Crippen molar-refractivity contribution in [3.63, 3.8) is 0 Å². The highest BCUT2D eigenvalue weighted by molar-refractivity contribution is 7.27. The van der Waals surface area contributed by atoms with Gasteiger partial charge < -0.3 is 9.47 Å². The van der Waals surface area contributed by atoms with Gasteiger partial charge in [0.25, 0.3) is 0 Å². The molecule has 0 aliphatic heterocycles. The maximum Gasteiger partial charge on any atom is 0.189 e. The van der Waals surface area contributed by atoms with Crippen LogP contribution in [-0.2, 0) is 6.42 Å². The molecule has 2 heterocycles. The predicted octanol–water partition coefficient (Wildman–Crippen LogP) is 5.19. The highest BCUT2D eigenvalue weighted by atomic mass is 32.1. The van der Waals surface area contributed by atoms with Gasteiger partial charge in [0.2, 0.25) is 0 Å². The van der Waals surface area contributed by atoms with Gasteiger partial charge in [-0.25, -0.2) is 0 Å². The van der Waals surface area contributed by atoms with Crippen LogP contribution in [0.5, 0.6) is 11.5 Å². The van der Waals surface area contributed by atoms with Crippen LogP contribution in [0.15, 0.2) is 35.2 Å². The zero-order chi connectivity index (χ0) is 16.7. The number of methoxy groups -OCH3 is 2. The largest absolute Gasteiger partial charge is 0.493 e. The first kappa shape index (κ1) is 15.4. The SMILES string of the molecule is COc1cc2c(cc1OC)C(=O)/C(=C/c1cc3sccc3s1)CC2. The molecule has 0 unspecified atom stereocenters. The van der Waals surface area contributed by atoms with E-state index in [0.29, 0.717) is 11.5 Å². The molecule has 0 fully saturated rings. The molecule has 5 heteroatoms. The predicted molar refractivity (Wildman–Crippen MR) is 99.9 cm³/mol. The topological polar surface area (TPSA) is 35.5 Å². The van der Waals surface area contributed by atoms with Crippen molar-refractivity contribution in [3.8, 4) is 11.5 Å². The van der Waals surface area contributed by atoms with Crippen molar-refractivity contribution in [1.29, 1.82) is 0 Å². The Kier molecular flexibility index (Phi) is 3.90. The molecule has 0 spiro atoms. The quantitative estimate of drug-likeness (QED) is 0.606. The van der Waals surface area contributed by atoms with Crippen molar-refractivity contribution in [3.05, 3.63) is 51.2 Å². The fraction of sp³-hybridized carbons (Fsp3) is 0.211. The summed E-state index contributed by atoms with van der Waals surface area (Å²) in [6, 6.07) is 8.01. The first-order valence-corrected chi connectivity index (χ1v) is 9.36. The lowest BCUT2D eigenvalue weighted by atomic mass is 9.86. The number of allylic oxidation sites excluding steroid dienone is 1. The Labute approximate surface area is 148 Å². The normalized spacial score (nSPS) is 15.8. The van der Waals surface area contributed by atoms with Crippen LogP contribution < -0.4 is 9.47 Å². The molecular weight excluding hydrogens is 340 g/mol. The summed E-state index contributed by atoms with van der Waals surface area (Å²) in [7, 11) is 3.20. The average molecular weight is 356 g/mol. The summed E-state index contributed by atoms with van der Waals surface area (Å²) in [5.41, 5.74) is 2.62. The van der Waals surface area contributed by atoms with E-state index in [9.17, 15) is 4.79 Å². The van der Waals surface area contributed by atoms with E-state index < -0.39 is 0 Å². The van der Waals surface area contributed by atoms with E-state index in [1.54, 1.807) is 43.0 Å². The second-order valence-corrected chi connectivity index (χ2v) is 7.72. The van der Waals surface area contributed by atoms with Gasteiger partial charge >= 0.3 is 0 Å². The molecule has 0 atom stereocenters. The summed E-state index contributed by atoms with van der Waals surface area (Å²) in [6.07, 6.45) is 3.64. The van der Waals surface area contributed by atoms with E-state index in [4.69, 9.17) is 9.47 Å². The van der Waals surface area contributed by atoms with Gasteiger partial charge in [0.05, 0.1) is 14.2 Å². The molecule has 0 N–H and O–H groups in total. The Hall–Kier alpha value is -2.11. The number of thiophene rings is 2. The van der Waals surface area contributed by atoms with E-state index in [1.807, 2.05) is 12.1 Å². The Morgan fingerprint density at radius 1 is 1.04 bits per heavy atom. The van der Waals surface area contributed by atoms with Crippen LogP contribution in [0.2, 0.25) is 0 Å². The van der Waals surface area contributed by atoms with Crippen LogP contribution in [-0.4, -0.2) is 20.0 Å². The summed E-state index contributed by atoms with van der Waals surface area (Å²) < 4.78 is 13.2. The Morgan fingerprint density at radius 3 is 2.58 bits per heavy atom. The lowest BCUT2D eigenvalue weighted by molar-refractivity contribution is 0.102. The fourth-order valence-electron chi connectivity index (χ4n) is 3.06. The number of ether oxygens (including phenoxy) is 2. The number of rotatable bonds is 3. The molecule has 4 rings (SSSR count). The first-order chi connectivity index (χ1) is 11.7. The third-order valence-electron chi connectivity index (χ3n) is 4.28. The zero-order valence-electron chi connectivity index (χ0n) is 13.4. The number of benzene rings is 1. The minimum Gasteiger partial charge on any atom is -0.493 e. The first-order valence-electron chi connectivity index (χ1n) is 7.67. The molecule has 0 amide bonds.